The van der Waals surface area contributed by atoms with E-state index in [2.05, 4.69) is 16.8 Å². The van der Waals surface area contributed by atoms with Crippen molar-refractivity contribution in [2.24, 2.45) is 0 Å². The number of nitrogens with zero attached hydrogens (tertiary/aromatic N) is 2. The van der Waals surface area contributed by atoms with Crippen molar-refractivity contribution in [3.05, 3.63) is 12.7 Å². The van der Waals surface area contributed by atoms with Gasteiger partial charge in [-0.05, 0) is 38.8 Å². The van der Waals surface area contributed by atoms with Crippen molar-refractivity contribution in [2.45, 2.75) is 31.7 Å². The van der Waals surface area contributed by atoms with Gasteiger partial charge in [-0.3, -0.25) is 9.69 Å². The molecule has 0 aromatic heterocycles. The third-order valence-electron chi connectivity index (χ3n) is 3.93. The summed E-state index contributed by atoms with van der Waals surface area (Å²) in [5.74, 6) is 0.354. The molecular formula is C14H25N3O. The molecule has 0 bridgehead atoms. The molecule has 0 aromatic rings. The van der Waals surface area contributed by atoms with Crippen LogP contribution in [-0.4, -0.2) is 61.0 Å². The molecule has 0 aliphatic carbocycles. The van der Waals surface area contributed by atoms with E-state index in [0.29, 0.717) is 5.91 Å². The summed E-state index contributed by atoms with van der Waals surface area (Å²) < 4.78 is 0. The largest absolute Gasteiger partial charge is 0.339 e. The van der Waals surface area contributed by atoms with Gasteiger partial charge in [0.15, 0.2) is 0 Å². The first-order valence-corrected chi connectivity index (χ1v) is 7.17. The van der Waals surface area contributed by atoms with Gasteiger partial charge in [-0.2, -0.15) is 0 Å². The molecule has 0 radical (unpaired) electrons. The minimum absolute atomic E-state index is 0.146. The Morgan fingerprint density at radius 3 is 2.83 bits per heavy atom. The van der Waals surface area contributed by atoms with Crippen LogP contribution in [0.15, 0.2) is 12.7 Å². The third kappa shape index (κ3) is 3.33. The average Bonchev–Trinajstić information content (AvgIpc) is 2.88. The number of hydrogen-bond donors (Lipinski definition) is 1. The summed E-state index contributed by atoms with van der Waals surface area (Å²) in [5.41, 5.74) is 0. The van der Waals surface area contributed by atoms with Crippen LogP contribution in [0, 0.1) is 0 Å². The fourth-order valence-corrected chi connectivity index (χ4v) is 2.91. The molecule has 1 N–H and O–H groups in total. The van der Waals surface area contributed by atoms with E-state index in [-0.39, 0.29) is 6.04 Å². The summed E-state index contributed by atoms with van der Waals surface area (Å²) >= 11 is 0. The third-order valence-corrected chi connectivity index (χ3v) is 3.93. The summed E-state index contributed by atoms with van der Waals surface area (Å²) in [6, 6.07) is 0.146. The first-order chi connectivity index (χ1) is 8.83. The van der Waals surface area contributed by atoms with E-state index in [1.54, 1.807) is 0 Å². The van der Waals surface area contributed by atoms with Crippen LogP contribution >= 0.6 is 0 Å². The van der Waals surface area contributed by atoms with Gasteiger partial charge >= 0.3 is 0 Å². The van der Waals surface area contributed by atoms with Gasteiger partial charge in [-0.15, -0.1) is 6.58 Å². The van der Waals surface area contributed by atoms with Crippen LogP contribution in [0.4, 0.5) is 0 Å². The van der Waals surface area contributed by atoms with Gasteiger partial charge in [-0.25, -0.2) is 0 Å². The molecule has 4 nitrogen and oxygen atoms in total. The number of carbonyl (C=O) groups is 1. The molecular weight excluding hydrogens is 226 g/mol. The molecule has 2 aliphatic rings. The fourth-order valence-electron chi connectivity index (χ4n) is 2.91. The fraction of sp³-hybridized carbons (Fsp3) is 0.786. The highest BCUT2D eigenvalue weighted by Gasteiger charge is 2.33. The van der Waals surface area contributed by atoms with Gasteiger partial charge < -0.3 is 10.2 Å². The predicted octanol–water partition coefficient (Wildman–Crippen LogP) is 0.849. The summed E-state index contributed by atoms with van der Waals surface area (Å²) in [6.45, 7) is 9.49. The molecule has 2 fully saturated rings. The Morgan fingerprint density at radius 1 is 1.33 bits per heavy atom. The van der Waals surface area contributed by atoms with Gasteiger partial charge in [0.2, 0.25) is 5.91 Å². The van der Waals surface area contributed by atoms with Crippen LogP contribution in [0.25, 0.3) is 0 Å². The molecule has 0 spiro atoms. The van der Waals surface area contributed by atoms with Crippen molar-refractivity contribution < 1.29 is 4.79 Å². The first kappa shape index (κ1) is 13.6. The molecule has 2 heterocycles. The summed E-state index contributed by atoms with van der Waals surface area (Å²) in [7, 11) is 0. The van der Waals surface area contributed by atoms with E-state index < -0.39 is 0 Å². The average molecular weight is 251 g/mol. The Morgan fingerprint density at radius 2 is 2.11 bits per heavy atom. The van der Waals surface area contributed by atoms with E-state index in [9.17, 15) is 4.79 Å². The molecule has 2 saturated heterocycles. The number of nitrogens with one attached hydrogen (secondary N) is 1. The van der Waals surface area contributed by atoms with Crippen molar-refractivity contribution in [3.63, 3.8) is 0 Å². The molecule has 1 unspecified atom stereocenters. The lowest BCUT2D eigenvalue weighted by molar-refractivity contribution is -0.136. The number of allylic oxidation sites excluding steroid dienone is 1. The lowest BCUT2D eigenvalue weighted by atomic mass is 10.1. The van der Waals surface area contributed by atoms with Crippen molar-refractivity contribution in [1.82, 2.24) is 15.1 Å². The highest BCUT2D eigenvalue weighted by molar-refractivity contribution is 5.82. The molecule has 1 atom stereocenters. The summed E-state index contributed by atoms with van der Waals surface area (Å²) in [4.78, 5) is 16.9. The van der Waals surface area contributed by atoms with Gasteiger partial charge in [0.1, 0.15) is 0 Å². The Bertz CT molecular complexity index is 287. The van der Waals surface area contributed by atoms with Crippen LogP contribution in [0.3, 0.4) is 0 Å². The van der Waals surface area contributed by atoms with Crippen molar-refractivity contribution in [3.8, 4) is 0 Å². The second-order valence-electron chi connectivity index (χ2n) is 5.20. The van der Waals surface area contributed by atoms with E-state index in [1.165, 1.54) is 0 Å². The van der Waals surface area contributed by atoms with Crippen LogP contribution < -0.4 is 5.32 Å². The number of amides is 1. The van der Waals surface area contributed by atoms with Gasteiger partial charge in [0.05, 0.1) is 6.04 Å². The van der Waals surface area contributed by atoms with E-state index >= 15 is 0 Å². The number of carbonyl (C=O) groups excluding carboxylic acids is 1. The lowest BCUT2D eigenvalue weighted by Gasteiger charge is -2.32. The van der Waals surface area contributed by atoms with Crippen LogP contribution in [0.5, 0.6) is 0 Å². The van der Waals surface area contributed by atoms with Gasteiger partial charge in [0.25, 0.3) is 0 Å². The lowest BCUT2D eigenvalue weighted by Crippen LogP contribution is -2.52. The van der Waals surface area contributed by atoms with Crippen molar-refractivity contribution >= 4 is 5.91 Å². The SMILES string of the molecule is C=CCCCN1CCCC1C(=O)N1CCNCC1. The van der Waals surface area contributed by atoms with E-state index in [0.717, 1.165) is 65.0 Å². The minimum Gasteiger partial charge on any atom is -0.339 e. The summed E-state index contributed by atoms with van der Waals surface area (Å²) in [6.07, 6.45) is 6.33. The standard InChI is InChI=1S/C14H25N3O/c1-2-3-4-9-16-10-5-6-13(16)14(18)17-11-7-15-8-12-17/h2,13,15H,1,3-12H2. The maximum atomic E-state index is 12.5. The van der Waals surface area contributed by atoms with Crippen LogP contribution in [0.1, 0.15) is 25.7 Å². The van der Waals surface area contributed by atoms with E-state index in [4.69, 9.17) is 0 Å². The zero-order valence-electron chi connectivity index (χ0n) is 11.2. The van der Waals surface area contributed by atoms with Gasteiger partial charge in [-0.1, -0.05) is 6.08 Å². The topological polar surface area (TPSA) is 35.6 Å². The molecule has 2 aliphatic heterocycles. The molecule has 102 valence electrons. The minimum atomic E-state index is 0.146. The van der Waals surface area contributed by atoms with Crippen molar-refractivity contribution in [2.75, 3.05) is 39.3 Å². The Kier molecular flexibility index (Phi) is 5.20. The Balaban J connectivity index is 1.85. The highest BCUT2D eigenvalue weighted by atomic mass is 16.2. The first-order valence-electron chi connectivity index (χ1n) is 7.17. The second kappa shape index (κ2) is 6.90. The predicted molar refractivity (Wildman–Crippen MR) is 73.5 cm³/mol. The van der Waals surface area contributed by atoms with Crippen LogP contribution in [0.2, 0.25) is 0 Å². The van der Waals surface area contributed by atoms with Gasteiger partial charge in [0, 0.05) is 26.2 Å². The smallest absolute Gasteiger partial charge is 0.240 e. The number of hydrogen-bond acceptors (Lipinski definition) is 3. The molecule has 1 amide bonds. The molecule has 0 aromatic carbocycles. The monoisotopic (exact) mass is 251 g/mol. The zero-order chi connectivity index (χ0) is 12.8. The normalized spacial score (nSPS) is 25.3. The molecule has 18 heavy (non-hydrogen) atoms. The number of likely N-dealkylation sites (tertiary alicyclic amines) is 1. The quantitative estimate of drug-likeness (QED) is 0.581. The number of rotatable bonds is 5. The Hall–Kier alpha value is -0.870. The number of unbranched alkanes of at least 4 members (excludes halogenated alkanes) is 1. The molecule has 2 rings (SSSR count). The maximum absolute atomic E-state index is 12.5. The van der Waals surface area contributed by atoms with Crippen molar-refractivity contribution in [1.29, 1.82) is 0 Å². The van der Waals surface area contributed by atoms with E-state index in [1.807, 2.05) is 11.0 Å². The summed E-state index contributed by atoms with van der Waals surface area (Å²) in [5, 5.41) is 3.29. The number of piperazine rings is 1. The van der Waals surface area contributed by atoms with Crippen LogP contribution in [-0.2, 0) is 4.79 Å². The highest BCUT2D eigenvalue weighted by Crippen LogP contribution is 2.20. The zero-order valence-corrected chi connectivity index (χ0v) is 11.2. The second-order valence-corrected chi connectivity index (χ2v) is 5.20. The Labute approximate surface area is 110 Å². The molecule has 4 heteroatoms. The maximum Gasteiger partial charge on any atom is 0.240 e. The molecule has 0 saturated carbocycles.